The maximum absolute atomic E-state index is 13.6. The van der Waals surface area contributed by atoms with Crippen molar-refractivity contribution < 1.29 is 9.13 Å². The number of aryl methyl sites for hydroxylation is 1. The fraction of sp³-hybridized carbons (Fsp3) is 0.286. The summed E-state index contributed by atoms with van der Waals surface area (Å²) in [6.07, 6.45) is 1.59. The van der Waals surface area contributed by atoms with Gasteiger partial charge in [-0.05, 0) is 30.2 Å². The zero-order valence-corrected chi connectivity index (χ0v) is 11.3. The molecule has 1 atom stereocenters. The lowest BCUT2D eigenvalue weighted by Gasteiger charge is -2.14. The van der Waals surface area contributed by atoms with E-state index < -0.39 is 11.9 Å². The van der Waals surface area contributed by atoms with Crippen molar-refractivity contribution in [3.63, 3.8) is 0 Å². The Morgan fingerprint density at radius 3 is 2.80 bits per heavy atom. The highest BCUT2D eigenvalue weighted by Crippen LogP contribution is 2.21. The van der Waals surface area contributed by atoms with Gasteiger partial charge in [-0.3, -0.25) is 4.79 Å². The Kier molecular flexibility index (Phi) is 4.14. The summed E-state index contributed by atoms with van der Waals surface area (Å²) in [5.74, 6) is -0.323. The Labute approximate surface area is 115 Å². The van der Waals surface area contributed by atoms with Crippen LogP contribution in [0, 0.1) is 12.7 Å². The maximum atomic E-state index is 13.6. The molecule has 5 nitrogen and oxygen atoms in total. The van der Waals surface area contributed by atoms with Crippen molar-refractivity contribution in [2.45, 2.75) is 19.5 Å². The Morgan fingerprint density at radius 2 is 2.20 bits per heavy atom. The predicted octanol–water partition coefficient (Wildman–Crippen LogP) is 1.40. The highest BCUT2D eigenvalue weighted by molar-refractivity contribution is 5.30. The second-order valence-corrected chi connectivity index (χ2v) is 4.55. The van der Waals surface area contributed by atoms with E-state index in [2.05, 4.69) is 5.10 Å². The van der Waals surface area contributed by atoms with E-state index in [1.165, 1.54) is 30.0 Å². The van der Waals surface area contributed by atoms with E-state index in [-0.39, 0.29) is 17.9 Å². The highest BCUT2D eigenvalue weighted by Gasteiger charge is 2.12. The Hall–Kier alpha value is -2.21. The van der Waals surface area contributed by atoms with Crippen LogP contribution in [0.1, 0.15) is 17.2 Å². The van der Waals surface area contributed by atoms with Crippen LogP contribution < -0.4 is 16.0 Å². The van der Waals surface area contributed by atoms with Gasteiger partial charge in [0, 0.05) is 12.1 Å². The van der Waals surface area contributed by atoms with Gasteiger partial charge in [-0.1, -0.05) is 6.07 Å². The van der Waals surface area contributed by atoms with E-state index >= 15 is 0 Å². The van der Waals surface area contributed by atoms with Crippen LogP contribution in [-0.4, -0.2) is 16.9 Å². The van der Waals surface area contributed by atoms with Crippen molar-refractivity contribution in [1.82, 2.24) is 9.78 Å². The monoisotopic (exact) mass is 277 g/mol. The Morgan fingerprint density at radius 1 is 1.45 bits per heavy atom. The highest BCUT2D eigenvalue weighted by atomic mass is 19.1. The Bertz CT molecular complexity index is 670. The molecule has 2 N–H and O–H groups in total. The van der Waals surface area contributed by atoms with Gasteiger partial charge >= 0.3 is 0 Å². The van der Waals surface area contributed by atoms with Crippen LogP contribution in [0.4, 0.5) is 4.39 Å². The van der Waals surface area contributed by atoms with Crippen molar-refractivity contribution in [2.24, 2.45) is 5.73 Å². The molecule has 20 heavy (non-hydrogen) atoms. The first-order valence-electron chi connectivity index (χ1n) is 6.14. The molecule has 0 fully saturated rings. The van der Waals surface area contributed by atoms with Gasteiger partial charge in [-0.15, -0.1) is 0 Å². The van der Waals surface area contributed by atoms with Gasteiger partial charge in [0.15, 0.2) is 11.6 Å². The maximum Gasteiger partial charge on any atom is 0.267 e. The van der Waals surface area contributed by atoms with Crippen LogP contribution in [0.15, 0.2) is 35.3 Å². The summed E-state index contributed by atoms with van der Waals surface area (Å²) in [5, 5.41) is 4.01. The summed E-state index contributed by atoms with van der Waals surface area (Å²) in [5.41, 5.74) is 7.13. The Balaban J connectivity index is 2.21. The third-order valence-corrected chi connectivity index (χ3v) is 2.98. The number of benzene rings is 1. The second kappa shape index (κ2) is 5.83. The van der Waals surface area contributed by atoms with Gasteiger partial charge in [-0.2, -0.15) is 5.10 Å². The lowest BCUT2D eigenvalue weighted by atomic mass is 10.1. The van der Waals surface area contributed by atoms with Crippen LogP contribution in [0.25, 0.3) is 0 Å². The van der Waals surface area contributed by atoms with E-state index in [0.29, 0.717) is 5.56 Å². The minimum atomic E-state index is -0.525. The number of nitrogens with zero attached hydrogens (tertiary/aromatic N) is 2. The normalized spacial score (nSPS) is 12.2. The summed E-state index contributed by atoms with van der Waals surface area (Å²) in [6, 6.07) is 5.45. The SMILES string of the molecule is COc1ccc(C(N)Cn2ncc(C)cc2=O)cc1F. The first-order chi connectivity index (χ1) is 9.51. The van der Waals surface area contributed by atoms with Crippen LogP contribution in [0.5, 0.6) is 5.75 Å². The standard InChI is InChI=1S/C14H16FN3O2/c1-9-5-14(19)18(17-7-9)8-12(16)10-3-4-13(20-2)11(15)6-10/h3-7,12H,8,16H2,1-2H3. The summed E-state index contributed by atoms with van der Waals surface area (Å²) in [7, 11) is 1.40. The van der Waals surface area contributed by atoms with E-state index in [4.69, 9.17) is 10.5 Å². The molecular formula is C14H16FN3O2. The van der Waals surface area contributed by atoms with E-state index in [9.17, 15) is 9.18 Å². The van der Waals surface area contributed by atoms with Gasteiger partial charge in [0.05, 0.1) is 19.9 Å². The quantitative estimate of drug-likeness (QED) is 0.917. The van der Waals surface area contributed by atoms with Crippen LogP contribution in [-0.2, 0) is 6.54 Å². The molecule has 1 unspecified atom stereocenters. The molecule has 0 spiro atoms. The smallest absolute Gasteiger partial charge is 0.267 e. The molecule has 0 aliphatic carbocycles. The molecule has 0 aliphatic heterocycles. The van der Waals surface area contributed by atoms with Crippen LogP contribution in [0.2, 0.25) is 0 Å². The summed E-state index contributed by atoms with van der Waals surface area (Å²) < 4.78 is 19.7. The van der Waals surface area contributed by atoms with Gasteiger partial charge in [0.2, 0.25) is 0 Å². The van der Waals surface area contributed by atoms with E-state index in [0.717, 1.165) is 5.56 Å². The minimum Gasteiger partial charge on any atom is -0.494 e. The van der Waals surface area contributed by atoms with Crippen molar-refractivity contribution in [2.75, 3.05) is 7.11 Å². The van der Waals surface area contributed by atoms with E-state index in [1.54, 1.807) is 19.2 Å². The predicted molar refractivity (Wildman–Crippen MR) is 73.1 cm³/mol. The number of hydrogen-bond acceptors (Lipinski definition) is 4. The van der Waals surface area contributed by atoms with Gasteiger partial charge < -0.3 is 10.5 Å². The number of aromatic nitrogens is 2. The molecule has 1 aromatic carbocycles. The molecule has 106 valence electrons. The van der Waals surface area contributed by atoms with Crippen molar-refractivity contribution in [3.05, 3.63) is 57.8 Å². The number of ether oxygens (including phenoxy) is 1. The van der Waals surface area contributed by atoms with Gasteiger partial charge in [0.1, 0.15) is 0 Å². The van der Waals surface area contributed by atoms with Crippen molar-refractivity contribution in [1.29, 1.82) is 0 Å². The molecule has 0 aliphatic rings. The molecule has 1 heterocycles. The molecule has 0 saturated carbocycles. The first kappa shape index (κ1) is 14.2. The number of methoxy groups -OCH3 is 1. The molecule has 0 radical (unpaired) electrons. The average Bonchev–Trinajstić information content (AvgIpc) is 2.41. The fourth-order valence-corrected chi connectivity index (χ4v) is 1.87. The zero-order chi connectivity index (χ0) is 14.7. The van der Waals surface area contributed by atoms with E-state index in [1.807, 2.05) is 0 Å². The largest absolute Gasteiger partial charge is 0.494 e. The number of hydrogen-bond donors (Lipinski definition) is 1. The summed E-state index contributed by atoms with van der Waals surface area (Å²) in [4.78, 5) is 11.7. The average molecular weight is 277 g/mol. The van der Waals surface area contributed by atoms with Gasteiger partial charge in [-0.25, -0.2) is 9.07 Å². The second-order valence-electron chi connectivity index (χ2n) is 4.55. The molecule has 0 saturated heterocycles. The zero-order valence-electron chi connectivity index (χ0n) is 11.3. The fourth-order valence-electron chi connectivity index (χ4n) is 1.87. The third-order valence-electron chi connectivity index (χ3n) is 2.98. The number of nitrogens with two attached hydrogens (primary N) is 1. The molecule has 6 heteroatoms. The lowest BCUT2D eigenvalue weighted by molar-refractivity contribution is 0.385. The third kappa shape index (κ3) is 3.03. The first-order valence-corrected chi connectivity index (χ1v) is 6.14. The number of halogens is 1. The molecule has 2 rings (SSSR count). The molecule has 2 aromatic rings. The summed E-state index contributed by atoms with van der Waals surface area (Å²) >= 11 is 0. The van der Waals surface area contributed by atoms with Crippen molar-refractivity contribution in [3.8, 4) is 5.75 Å². The lowest BCUT2D eigenvalue weighted by Crippen LogP contribution is -2.28. The minimum absolute atomic E-state index is 0.159. The van der Waals surface area contributed by atoms with Crippen LogP contribution >= 0.6 is 0 Å². The number of rotatable bonds is 4. The molecule has 1 aromatic heterocycles. The van der Waals surface area contributed by atoms with Gasteiger partial charge in [0.25, 0.3) is 5.56 Å². The molecule has 0 bridgehead atoms. The van der Waals surface area contributed by atoms with Crippen LogP contribution in [0.3, 0.4) is 0 Å². The molecule has 0 amide bonds. The van der Waals surface area contributed by atoms with Crippen molar-refractivity contribution >= 4 is 0 Å². The topological polar surface area (TPSA) is 70.1 Å². The molecular weight excluding hydrogens is 261 g/mol. The summed E-state index contributed by atoms with van der Waals surface area (Å²) in [6.45, 7) is 1.97.